The van der Waals surface area contributed by atoms with Gasteiger partial charge in [0.1, 0.15) is 4.88 Å². The minimum absolute atomic E-state index is 0.444. The molecule has 0 saturated carbocycles. The van der Waals surface area contributed by atoms with E-state index in [1.165, 1.54) is 11.3 Å². The van der Waals surface area contributed by atoms with Gasteiger partial charge in [-0.05, 0) is 6.92 Å². The summed E-state index contributed by atoms with van der Waals surface area (Å²) in [4.78, 5) is 4.64. The molecule has 0 unspecified atom stereocenters. The highest BCUT2D eigenvalue weighted by molar-refractivity contribution is 7.12. The van der Waals surface area contributed by atoms with Gasteiger partial charge in [-0.2, -0.15) is 0 Å². The SMILES string of the molecule is C#Cc1sc(C)nc1Cl. The van der Waals surface area contributed by atoms with Gasteiger partial charge in [0.25, 0.3) is 0 Å². The first-order valence-corrected chi connectivity index (χ1v) is 3.53. The highest BCUT2D eigenvalue weighted by atomic mass is 35.5. The van der Waals surface area contributed by atoms with Crippen molar-refractivity contribution in [1.29, 1.82) is 0 Å². The number of nitrogens with zero attached hydrogens (tertiary/aromatic N) is 1. The highest BCUT2D eigenvalue weighted by Gasteiger charge is 2.01. The molecular weight excluding hydrogens is 154 g/mol. The van der Waals surface area contributed by atoms with E-state index in [0.29, 0.717) is 10.0 Å². The first kappa shape index (κ1) is 6.60. The lowest BCUT2D eigenvalue weighted by Gasteiger charge is -1.74. The van der Waals surface area contributed by atoms with E-state index in [-0.39, 0.29) is 0 Å². The summed E-state index contributed by atoms with van der Waals surface area (Å²) in [5, 5.41) is 1.35. The van der Waals surface area contributed by atoms with Crippen molar-refractivity contribution in [1.82, 2.24) is 4.98 Å². The fourth-order valence-electron chi connectivity index (χ4n) is 0.491. The lowest BCUT2D eigenvalue weighted by molar-refractivity contribution is 1.29. The molecule has 0 aliphatic heterocycles. The molecule has 0 radical (unpaired) electrons. The summed E-state index contributed by atoms with van der Waals surface area (Å²) in [5.74, 6) is 2.44. The van der Waals surface area contributed by atoms with Crippen molar-refractivity contribution in [2.24, 2.45) is 0 Å². The molecule has 1 heterocycles. The van der Waals surface area contributed by atoms with Crippen LogP contribution in [0.4, 0.5) is 0 Å². The smallest absolute Gasteiger partial charge is 0.156 e. The van der Waals surface area contributed by atoms with Crippen molar-refractivity contribution in [3.8, 4) is 12.3 Å². The molecular formula is C6H4ClNS. The van der Waals surface area contributed by atoms with E-state index in [0.717, 1.165) is 5.01 Å². The van der Waals surface area contributed by atoms with Crippen LogP contribution in [0, 0.1) is 19.3 Å². The largest absolute Gasteiger partial charge is 0.228 e. The molecule has 0 fully saturated rings. The summed E-state index contributed by atoms with van der Waals surface area (Å²) < 4.78 is 0. The molecule has 0 N–H and O–H groups in total. The monoisotopic (exact) mass is 157 g/mol. The summed E-state index contributed by atoms with van der Waals surface area (Å²) in [5.41, 5.74) is 0. The molecule has 0 saturated heterocycles. The molecule has 46 valence electrons. The predicted octanol–water partition coefficient (Wildman–Crippen LogP) is 2.09. The minimum Gasteiger partial charge on any atom is -0.228 e. The molecule has 0 aromatic carbocycles. The van der Waals surface area contributed by atoms with Gasteiger partial charge in [-0.15, -0.1) is 17.8 Å². The number of hydrogen-bond acceptors (Lipinski definition) is 2. The number of rotatable bonds is 0. The standard InChI is InChI=1S/C6H4ClNS/c1-3-5-6(7)8-4(2)9-5/h1H,2H3. The summed E-state index contributed by atoms with van der Waals surface area (Å²) in [7, 11) is 0. The van der Waals surface area contributed by atoms with Gasteiger partial charge >= 0.3 is 0 Å². The molecule has 0 aliphatic rings. The number of aryl methyl sites for hydroxylation is 1. The van der Waals surface area contributed by atoms with Gasteiger partial charge in [-0.3, -0.25) is 0 Å². The average molecular weight is 158 g/mol. The molecule has 0 bridgehead atoms. The Balaban J connectivity index is 3.20. The third-order valence-electron chi connectivity index (χ3n) is 0.824. The zero-order chi connectivity index (χ0) is 6.85. The van der Waals surface area contributed by atoms with E-state index < -0.39 is 0 Å². The molecule has 0 amide bonds. The van der Waals surface area contributed by atoms with Crippen LogP contribution in [0.15, 0.2) is 0 Å². The van der Waals surface area contributed by atoms with E-state index in [9.17, 15) is 0 Å². The third kappa shape index (κ3) is 1.24. The Morgan fingerprint density at radius 3 is 2.67 bits per heavy atom. The zero-order valence-electron chi connectivity index (χ0n) is 4.81. The van der Waals surface area contributed by atoms with Crippen LogP contribution in [0.1, 0.15) is 9.88 Å². The number of thiazole rings is 1. The van der Waals surface area contributed by atoms with Crippen LogP contribution in [0.25, 0.3) is 0 Å². The van der Waals surface area contributed by atoms with Crippen molar-refractivity contribution in [3.05, 3.63) is 15.0 Å². The lowest BCUT2D eigenvalue weighted by atomic mass is 10.6. The number of halogens is 1. The molecule has 1 nitrogen and oxygen atoms in total. The molecule has 1 aromatic heterocycles. The van der Waals surface area contributed by atoms with Gasteiger partial charge in [0.05, 0.1) is 5.01 Å². The average Bonchev–Trinajstić information content (AvgIpc) is 2.10. The van der Waals surface area contributed by atoms with E-state index in [2.05, 4.69) is 10.9 Å². The topological polar surface area (TPSA) is 12.9 Å². The summed E-state index contributed by atoms with van der Waals surface area (Å²) >= 11 is 7.04. The molecule has 0 spiro atoms. The third-order valence-corrected chi connectivity index (χ3v) is 2.11. The molecule has 3 heteroatoms. The van der Waals surface area contributed by atoms with Crippen LogP contribution in [0.3, 0.4) is 0 Å². The first-order valence-electron chi connectivity index (χ1n) is 2.33. The first-order chi connectivity index (χ1) is 4.24. The highest BCUT2D eigenvalue weighted by Crippen LogP contribution is 2.20. The van der Waals surface area contributed by atoms with Gasteiger partial charge in [0.15, 0.2) is 5.15 Å². The molecule has 0 aliphatic carbocycles. The lowest BCUT2D eigenvalue weighted by Crippen LogP contribution is -1.65. The fraction of sp³-hybridized carbons (Fsp3) is 0.167. The summed E-state index contributed by atoms with van der Waals surface area (Å²) in [6, 6.07) is 0. The summed E-state index contributed by atoms with van der Waals surface area (Å²) in [6.45, 7) is 1.87. The Morgan fingerprint density at radius 1 is 1.78 bits per heavy atom. The van der Waals surface area contributed by atoms with E-state index in [1.54, 1.807) is 0 Å². The fourth-order valence-corrected chi connectivity index (χ4v) is 1.46. The van der Waals surface area contributed by atoms with Crippen LogP contribution in [-0.2, 0) is 0 Å². The second kappa shape index (κ2) is 2.38. The molecule has 9 heavy (non-hydrogen) atoms. The summed E-state index contributed by atoms with van der Waals surface area (Å²) in [6.07, 6.45) is 5.10. The van der Waals surface area contributed by atoms with Crippen molar-refractivity contribution in [2.45, 2.75) is 6.92 Å². The zero-order valence-corrected chi connectivity index (χ0v) is 6.38. The van der Waals surface area contributed by atoms with Gasteiger partial charge in [-0.1, -0.05) is 17.5 Å². The van der Waals surface area contributed by atoms with Gasteiger partial charge in [0.2, 0.25) is 0 Å². The predicted molar refractivity (Wildman–Crippen MR) is 39.8 cm³/mol. The second-order valence-electron chi connectivity index (χ2n) is 1.50. The van der Waals surface area contributed by atoms with Crippen LogP contribution < -0.4 is 0 Å². The van der Waals surface area contributed by atoms with Crippen molar-refractivity contribution in [3.63, 3.8) is 0 Å². The maximum absolute atomic E-state index is 5.60. The Kier molecular flexibility index (Phi) is 1.75. The number of hydrogen-bond donors (Lipinski definition) is 0. The van der Waals surface area contributed by atoms with Gasteiger partial charge in [-0.25, -0.2) is 4.98 Å². The van der Waals surface area contributed by atoms with E-state index in [4.69, 9.17) is 18.0 Å². The van der Waals surface area contributed by atoms with Crippen LogP contribution in [0.5, 0.6) is 0 Å². The molecule has 1 aromatic rings. The van der Waals surface area contributed by atoms with E-state index in [1.807, 2.05) is 6.92 Å². The quantitative estimate of drug-likeness (QED) is 0.526. The maximum atomic E-state index is 5.60. The van der Waals surface area contributed by atoms with Crippen LogP contribution in [0.2, 0.25) is 5.15 Å². The molecule has 0 atom stereocenters. The second-order valence-corrected chi connectivity index (χ2v) is 3.06. The number of terminal acetylenes is 1. The van der Waals surface area contributed by atoms with Crippen molar-refractivity contribution in [2.75, 3.05) is 0 Å². The van der Waals surface area contributed by atoms with Crippen molar-refractivity contribution >= 4 is 22.9 Å². The maximum Gasteiger partial charge on any atom is 0.156 e. The Bertz CT molecular complexity index is 259. The number of aromatic nitrogens is 1. The minimum atomic E-state index is 0.444. The van der Waals surface area contributed by atoms with Crippen molar-refractivity contribution < 1.29 is 0 Å². The van der Waals surface area contributed by atoms with Crippen LogP contribution in [-0.4, -0.2) is 4.98 Å². The van der Waals surface area contributed by atoms with E-state index >= 15 is 0 Å². The molecule has 1 rings (SSSR count). The Labute approximate surface area is 62.7 Å². The van der Waals surface area contributed by atoms with Gasteiger partial charge < -0.3 is 0 Å². The van der Waals surface area contributed by atoms with Gasteiger partial charge in [0, 0.05) is 0 Å². The Morgan fingerprint density at radius 2 is 2.44 bits per heavy atom. The normalized spacial score (nSPS) is 9.00. The Hall–Kier alpha value is -0.520. The van der Waals surface area contributed by atoms with Crippen LogP contribution >= 0.6 is 22.9 Å².